The number of hydrogen-bond acceptors (Lipinski definition) is 4. The van der Waals surface area contributed by atoms with Crippen molar-refractivity contribution in [3.63, 3.8) is 0 Å². The molecule has 226 valence electrons. The highest BCUT2D eigenvalue weighted by Gasteiger charge is 2.30. The van der Waals surface area contributed by atoms with Crippen molar-refractivity contribution < 1.29 is 18.0 Å². The zero-order valence-electron chi connectivity index (χ0n) is 25.0. The normalized spacial score (nSPS) is 12.0. The van der Waals surface area contributed by atoms with Crippen molar-refractivity contribution in [1.29, 1.82) is 0 Å². The van der Waals surface area contributed by atoms with Gasteiger partial charge in [-0.3, -0.25) is 13.9 Å². The van der Waals surface area contributed by atoms with Crippen LogP contribution in [0.3, 0.4) is 0 Å². The summed E-state index contributed by atoms with van der Waals surface area (Å²) in [5, 5.41) is 3.61. The van der Waals surface area contributed by atoms with Gasteiger partial charge in [-0.25, -0.2) is 8.42 Å². The second kappa shape index (κ2) is 15.8. The van der Waals surface area contributed by atoms with Gasteiger partial charge in [-0.15, -0.1) is 0 Å². The van der Waals surface area contributed by atoms with E-state index >= 15 is 0 Å². The molecule has 0 spiro atoms. The zero-order valence-corrected chi connectivity index (χ0v) is 26.5. The van der Waals surface area contributed by atoms with E-state index in [1.807, 2.05) is 74.5 Å². The number of aryl methyl sites for hydroxylation is 2. The molecule has 0 radical (unpaired) electrons. The van der Waals surface area contributed by atoms with Crippen LogP contribution in [0.4, 0.5) is 5.69 Å². The molecule has 0 aliphatic rings. The molecule has 0 aromatic heterocycles. The second-order valence-electron chi connectivity index (χ2n) is 10.7. The lowest BCUT2D eigenvalue weighted by molar-refractivity contribution is -0.141. The van der Waals surface area contributed by atoms with Gasteiger partial charge >= 0.3 is 0 Å². The lowest BCUT2D eigenvalue weighted by Gasteiger charge is -2.32. The summed E-state index contributed by atoms with van der Waals surface area (Å²) >= 11 is 6.11. The van der Waals surface area contributed by atoms with Gasteiger partial charge in [0.05, 0.1) is 11.9 Å². The Hall–Kier alpha value is -3.36. The summed E-state index contributed by atoms with van der Waals surface area (Å²) in [6.07, 6.45) is 3.70. The molecule has 3 rings (SSSR count). The Kier molecular flexibility index (Phi) is 12.4. The van der Waals surface area contributed by atoms with Crippen molar-refractivity contribution in [1.82, 2.24) is 10.2 Å². The van der Waals surface area contributed by atoms with Crippen molar-refractivity contribution in [3.05, 3.63) is 100 Å². The van der Waals surface area contributed by atoms with Crippen molar-refractivity contribution in [2.24, 2.45) is 0 Å². The van der Waals surface area contributed by atoms with Gasteiger partial charge in [0.25, 0.3) is 0 Å². The number of amides is 2. The predicted octanol–water partition coefficient (Wildman–Crippen LogP) is 6.06. The van der Waals surface area contributed by atoms with E-state index in [2.05, 4.69) is 12.2 Å². The molecule has 1 atom stereocenters. The number of halogens is 1. The maximum atomic E-state index is 13.9. The van der Waals surface area contributed by atoms with E-state index in [-0.39, 0.29) is 31.3 Å². The number of nitrogens with zero attached hydrogens (tertiary/aromatic N) is 2. The van der Waals surface area contributed by atoms with Crippen molar-refractivity contribution in [3.8, 4) is 0 Å². The van der Waals surface area contributed by atoms with Gasteiger partial charge in [0.1, 0.15) is 6.04 Å². The van der Waals surface area contributed by atoms with E-state index in [0.29, 0.717) is 30.1 Å². The number of anilines is 1. The minimum Gasteiger partial charge on any atom is -0.354 e. The van der Waals surface area contributed by atoms with Gasteiger partial charge in [0, 0.05) is 37.5 Å². The third-order valence-corrected chi connectivity index (χ3v) is 8.58. The summed E-state index contributed by atoms with van der Waals surface area (Å²) in [6, 6.07) is 21.8. The number of hydrogen-bond donors (Lipinski definition) is 1. The van der Waals surface area contributed by atoms with Gasteiger partial charge in [0.2, 0.25) is 21.8 Å². The summed E-state index contributed by atoms with van der Waals surface area (Å²) in [7, 11) is -3.58. The van der Waals surface area contributed by atoms with Gasteiger partial charge in [-0.1, -0.05) is 79.5 Å². The molecular formula is C33H42ClN3O4S. The molecule has 3 aromatic rings. The maximum absolute atomic E-state index is 13.9. The predicted molar refractivity (Wildman–Crippen MR) is 171 cm³/mol. The largest absolute Gasteiger partial charge is 0.354 e. The first-order valence-corrected chi connectivity index (χ1v) is 16.6. The van der Waals surface area contributed by atoms with Crippen LogP contribution >= 0.6 is 11.6 Å². The van der Waals surface area contributed by atoms with Crippen LogP contribution in [0.2, 0.25) is 5.02 Å². The number of sulfonamides is 1. The third kappa shape index (κ3) is 9.88. The molecule has 1 N–H and O–H groups in total. The fraction of sp³-hybridized carbons (Fsp3) is 0.394. The topological polar surface area (TPSA) is 86.8 Å². The first kappa shape index (κ1) is 33.1. The van der Waals surface area contributed by atoms with E-state index in [4.69, 9.17) is 11.6 Å². The van der Waals surface area contributed by atoms with Gasteiger partial charge < -0.3 is 10.2 Å². The Morgan fingerprint density at radius 1 is 0.929 bits per heavy atom. The first-order valence-electron chi connectivity index (χ1n) is 14.4. The number of benzene rings is 3. The highest BCUT2D eigenvalue weighted by atomic mass is 35.5. The van der Waals surface area contributed by atoms with Crippen LogP contribution in [0, 0.1) is 13.8 Å². The number of carbonyl (C=O) groups excluding carboxylic acids is 2. The lowest BCUT2D eigenvalue weighted by Crippen LogP contribution is -2.50. The minimum atomic E-state index is -3.58. The number of rotatable bonds is 15. The molecule has 42 heavy (non-hydrogen) atoms. The summed E-state index contributed by atoms with van der Waals surface area (Å²) in [4.78, 5) is 29.1. The van der Waals surface area contributed by atoms with Crippen molar-refractivity contribution in [2.45, 2.75) is 65.5 Å². The number of nitrogens with one attached hydrogen (secondary N) is 1. The molecule has 3 aromatic carbocycles. The molecule has 0 unspecified atom stereocenters. The van der Waals surface area contributed by atoms with E-state index in [1.54, 1.807) is 17.0 Å². The summed E-state index contributed by atoms with van der Waals surface area (Å²) in [5.74, 6) is -0.422. The van der Waals surface area contributed by atoms with Crippen molar-refractivity contribution in [2.75, 3.05) is 23.7 Å². The Bertz CT molecular complexity index is 1430. The van der Waals surface area contributed by atoms with Crippen LogP contribution < -0.4 is 9.62 Å². The standard InChI is InChI=1S/C33H42ClN3O4S/c1-5-6-20-35-33(39)31(23-27-11-8-7-9-12-27)36(24-28-16-18-29(34)19-17-28)32(38)13-10-21-37(42(4,40)41)30-22-25(2)14-15-26(30)3/h7-9,11-12,14-19,22,31H,5-6,10,13,20-21,23-24H2,1-4H3,(H,35,39)/t31-/m0/s1. The quantitative estimate of drug-likeness (QED) is 0.212. The average molecular weight is 612 g/mol. The Morgan fingerprint density at radius 2 is 1.62 bits per heavy atom. The average Bonchev–Trinajstić information content (AvgIpc) is 2.95. The molecule has 0 fully saturated rings. The minimum absolute atomic E-state index is 0.0814. The van der Waals surface area contributed by atoms with Crippen LogP contribution in [-0.4, -0.2) is 50.5 Å². The second-order valence-corrected chi connectivity index (χ2v) is 13.1. The Balaban J connectivity index is 1.88. The molecule has 7 nitrogen and oxygen atoms in total. The third-order valence-electron chi connectivity index (χ3n) is 7.15. The fourth-order valence-electron chi connectivity index (χ4n) is 4.82. The van der Waals surface area contributed by atoms with Gasteiger partial charge in [-0.2, -0.15) is 0 Å². The lowest BCUT2D eigenvalue weighted by atomic mass is 10.0. The smallest absolute Gasteiger partial charge is 0.243 e. The zero-order chi connectivity index (χ0) is 30.7. The Morgan fingerprint density at radius 3 is 2.26 bits per heavy atom. The molecule has 2 amide bonds. The number of carbonyl (C=O) groups is 2. The highest BCUT2D eigenvalue weighted by Crippen LogP contribution is 2.25. The summed E-state index contributed by atoms with van der Waals surface area (Å²) < 4.78 is 26.9. The molecular weight excluding hydrogens is 570 g/mol. The molecule has 0 bridgehead atoms. The van der Waals surface area contributed by atoms with Crippen LogP contribution in [0.15, 0.2) is 72.8 Å². The molecule has 0 saturated carbocycles. The highest BCUT2D eigenvalue weighted by molar-refractivity contribution is 7.92. The SMILES string of the molecule is CCCCNC(=O)[C@H](Cc1ccccc1)N(Cc1ccc(Cl)cc1)C(=O)CCCN(c1cc(C)ccc1C)S(C)(=O)=O. The van der Waals surface area contributed by atoms with Gasteiger partial charge in [-0.05, 0) is 67.1 Å². The van der Waals surface area contributed by atoms with Crippen LogP contribution in [0.25, 0.3) is 0 Å². The molecule has 0 saturated heterocycles. The molecule has 9 heteroatoms. The van der Waals surface area contributed by atoms with Crippen LogP contribution in [-0.2, 0) is 32.6 Å². The Labute approximate surface area is 255 Å². The van der Waals surface area contributed by atoms with E-state index < -0.39 is 16.1 Å². The van der Waals surface area contributed by atoms with E-state index in [1.165, 1.54) is 10.6 Å². The fourth-order valence-corrected chi connectivity index (χ4v) is 5.96. The summed E-state index contributed by atoms with van der Waals surface area (Å²) in [5.41, 5.74) is 4.20. The molecule has 0 heterocycles. The van der Waals surface area contributed by atoms with Gasteiger partial charge in [0.15, 0.2) is 0 Å². The van der Waals surface area contributed by atoms with Crippen molar-refractivity contribution >= 4 is 39.1 Å². The molecule has 0 aliphatic heterocycles. The van der Waals surface area contributed by atoms with Crippen LogP contribution in [0.1, 0.15) is 54.9 Å². The monoisotopic (exact) mass is 611 g/mol. The van der Waals surface area contributed by atoms with E-state index in [0.717, 1.165) is 35.1 Å². The maximum Gasteiger partial charge on any atom is 0.243 e. The van der Waals surface area contributed by atoms with E-state index in [9.17, 15) is 18.0 Å². The first-order chi connectivity index (χ1) is 20.0. The number of unbranched alkanes of at least 4 members (excludes halogenated alkanes) is 1. The summed E-state index contributed by atoms with van der Waals surface area (Å²) in [6.45, 7) is 6.75. The van der Waals surface area contributed by atoms with Crippen LogP contribution in [0.5, 0.6) is 0 Å². The molecule has 0 aliphatic carbocycles.